The van der Waals surface area contributed by atoms with Crippen LogP contribution in [0.2, 0.25) is 10.0 Å². The summed E-state index contributed by atoms with van der Waals surface area (Å²) in [6.45, 7) is 3.48. The van der Waals surface area contributed by atoms with Gasteiger partial charge in [0.05, 0.1) is 29.3 Å². The number of hydrogen-bond donors (Lipinski definition) is 3. The number of piperidine rings is 1. The van der Waals surface area contributed by atoms with Crippen LogP contribution in [0.25, 0.3) is 22.1 Å². The van der Waals surface area contributed by atoms with E-state index >= 15 is 0 Å². The molecule has 1 aliphatic heterocycles. The van der Waals surface area contributed by atoms with Crippen molar-refractivity contribution >= 4 is 40.0 Å². The second-order valence-electron chi connectivity index (χ2n) is 8.80. The van der Waals surface area contributed by atoms with Gasteiger partial charge in [-0.3, -0.25) is 4.68 Å². The predicted octanol–water partition coefficient (Wildman–Crippen LogP) is 5.32. The van der Waals surface area contributed by atoms with Gasteiger partial charge in [0, 0.05) is 40.5 Å². The van der Waals surface area contributed by atoms with E-state index in [4.69, 9.17) is 38.1 Å². The Morgan fingerprint density at radius 2 is 2.08 bits per heavy atom. The van der Waals surface area contributed by atoms with E-state index in [-0.39, 0.29) is 34.6 Å². The summed E-state index contributed by atoms with van der Waals surface area (Å²) in [5, 5.41) is 18.5. The Kier molecular flexibility index (Phi) is 7.07. The number of nitrogens with two attached hydrogens (primary N) is 1. The van der Waals surface area contributed by atoms with E-state index in [0.717, 1.165) is 37.1 Å². The number of benzene rings is 1. The van der Waals surface area contributed by atoms with Crippen LogP contribution >= 0.6 is 23.2 Å². The van der Waals surface area contributed by atoms with Crippen LogP contribution in [0.5, 0.6) is 5.75 Å². The van der Waals surface area contributed by atoms with Crippen molar-refractivity contribution in [2.45, 2.75) is 38.3 Å². The van der Waals surface area contributed by atoms with Crippen molar-refractivity contribution in [3.8, 4) is 16.9 Å². The second-order valence-corrected chi connectivity index (χ2v) is 9.58. The molecule has 0 saturated carbocycles. The normalized spacial score (nSPS) is 15.5. The van der Waals surface area contributed by atoms with Gasteiger partial charge in [0.1, 0.15) is 17.7 Å². The molecule has 0 amide bonds. The van der Waals surface area contributed by atoms with Crippen LogP contribution in [0, 0.1) is 5.82 Å². The molecule has 1 atom stereocenters. The van der Waals surface area contributed by atoms with E-state index in [1.54, 1.807) is 19.3 Å². The van der Waals surface area contributed by atoms with Crippen molar-refractivity contribution < 1.29 is 18.7 Å². The van der Waals surface area contributed by atoms with Gasteiger partial charge in [-0.05, 0) is 45.0 Å². The van der Waals surface area contributed by atoms with Crippen molar-refractivity contribution in [3.05, 3.63) is 57.9 Å². The minimum Gasteiger partial charge on any atom is -0.478 e. The van der Waals surface area contributed by atoms with Crippen LogP contribution in [-0.4, -0.2) is 39.6 Å². The van der Waals surface area contributed by atoms with E-state index in [9.17, 15) is 9.50 Å². The summed E-state index contributed by atoms with van der Waals surface area (Å²) in [6, 6.07) is 2.93. The summed E-state index contributed by atoms with van der Waals surface area (Å²) in [5.41, 5.74) is 8.46. The van der Waals surface area contributed by atoms with Gasteiger partial charge in [-0.1, -0.05) is 23.2 Å². The lowest BCUT2D eigenvalue weighted by molar-refractivity contribution is 0.226. The van der Waals surface area contributed by atoms with Crippen molar-refractivity contribution in [2.75, 3.05) is 25.4 Å². The molecule has 1 saturated heterocycles. The van der Waals surface area contributed by atoms with Crippen LogP contribution < -0.4 is 15.8 Å². The topological polar surface area (TPSA) is 111 Å². The number of fused-ring (bicyclic) bond motifs is 1. The molecule has 4 aromatic rings. The van der Waals surface area contributed by atoms with Crippen LogP contribution in [0.3, 0.4) is 0 Å². The summed E-state index contributed by atoms with van der Waals surface area (Å²) in [4.78, 5) is 4.33. The number of ether oxygens (including phenoxy) is 1. The number of aliphatic hydroxyl groups excluding tert-OH is 1. The highest BCUT2D eigenvalue weighted by atomic mass is 35.5. The molecule has 0 radical (unpaired) electrons. The summed E-state index contributed by atoms with van der Waals surface area (Å²) >= 11 is 12.5. The number of pyridine rings is 1. The molecule has 0 unspecified atom stereocenters. The average molecular weight is 534 g/mol. The lowest BCUT2D eigenvalue weighted by Gasteiger charge is -2.22. The monoisotopic (exact) mass is 533 g/mol. The molecule has 0 aliphatic carbocycles. The Labute approximate surface area is 217 Å². The molecule has 1 fully saturated rings. The van der Waals surface area contributed by atoms with Crippen LogP contribution in [0.15, 0.2) is 35.1 Å². The number of nitrogen functional groups attached to an aromatic ring is 1. The summed E-state index contributed by atoms with van der Waals surface area (Å²) < 4.78 is 28.4. The minimum absolute atomic E-state index is 0.0965. The first kappa shape index (κ1) is 24.8. The number of aliphatic hydroxyl groups is 1. The third-order valence-corrected chi connectivity index (χ3v) is 7.20. The Morgan fingerprint density at radius 3 is 2.83 bits per heavy atom. The van der Waals surface area contributed by atoms with E-state index in [2.05, 4.69) is 15.4 Å². The number of rotatable bonds is 7. The highest BCUT2D eigenvalue weighted by Crippen LogP contribution is 2.43. The maximum atomic E-state index is 14.1. The first-order valence-corrected chi connectivity index (χ1v) is 12.5. The van der Waals surface area contributed by atoms with Gasteiger partial charge < -0.3 is 25.3 Å². The van der Waals surface area contributed by atoms with Gasteiger partial charge in [0.2, 0.25) is 5.75 Å². The molecule has 190 valence electrons. The van der Waals surface area contributed by atoms with Crippen molar-refractivity contribution in [3.63, 3.8) is 0 Å². The zero-order valence-electron chi connectivity index (χ0n) is 19.6. The maximum Gasteiger partial charge on any atom is 0.205 e. The van der Waals surface area contributed by atoms with Gasteiger partial charge in [-0.15, -0.1) is 0 Å². The Balaban J connectivity index is 1.57. The second kappa shape index (κ2) is 10.3. The third kappa shape index (κ3) is 4.52. The lowest BCUT2D eigenvalue weighted by atomic mass is 10.0. The van der Waals surface area contributed by atoms with Crippen molar-refractivity contribution in [2.24, 2.45) is 0 Å². The molecule has 11 heteroatoms. The quantitative estimate of drug-likeness (QED) is 0.275. The molecule has 5 rings (SSSR count). The van der Waals surface area contributed by atoms with E-state index in [1.807, 2.05) is 10.9 Å². The molecule has 3 aromatic heterocycles. The largest absolute Gasteiger partial charge is 0.478 e. The van der Waals surface area contributed by atoms with E-state index < -0.39 is 11.9 Å². The Hall–Kier alpha value is -2.85. The first-order valence-electron chi connectivity index (χ1n) is 11.7. The number of anilines is 1. The number of nitrogens with zero attached hydrogens (tertiary/aromatic N) is 3. The summed E-state index contributed by atoms with van der Waals surface area (Å²) in [7, 11) is 0. The summed E-state index contributed by atoms with van der Waals surface area (Å²) in [5.74, 6) is 0.239. The molecular weight excluding hydrogens is 508 g/mol. The molecule has 1 aromatic carbocycles. The fourth-order valence-electron chi connectivity index (χ4n) is 4.69. The zero-order chi connectivity index (χ0) is 25.4. The molecule has 8 nitrogen and oxygen atoms in total. The highest BCUT2D eigenvalue weighted by Gasteiger charge is 2.26. The molecule has 0 spiro atoms. The van der Waals surface area contributed by atoms with Gasteiger partial charge >= 0.3 is 0 Å². The Morgan fingerprint density at radius 1 is 1.31 bits per heavy atom. The van der Waals surface area contributed by atoms with Gasteiger partial charge in [-0.25, -0.2) is 9.37 Å². The molecule has 4 N–H and O–H groups in total. The maximum absolute atomic E-state index is 14.1. The number of furan rings is 1. The van der Waals surface area contributed by atoms with Crippen LogP contribution in [0.4, 0.5) is 10.2 Å². The SMILES string of the molecule is C[C@@H](Oc1c(N)ncc2c(-c3cnn(C4CCNCC4)c3)c(CCO)oc12)c1c(Cl)ccc(F)c1Cl. The van der Waals surface area contributed by atoms with Gasteiger partial charge in [0.25, 0.3) is 0 Å². The fourth-order valence-corrected chi connectivity index (χ4v) is 5.37. The molecule has 0 bridgehead atoms. The van der Waals surface area contributed by atoms with E-state index in [0.29, 0.717) is 28.3 Å². The minimum atomic E-state index is -0.757. The summed E-state index contributed by atoms with van der Waals surface area (Å²) in [6.07, 6.45) is 6.91. The number of aromatic nitrogens is 3. The van der Waals surface area contributed by atoms with E-state index in [1.165, 1.54) is 12.1 Å². The molecule has 4 heterocycles. The molecule has 36 heavy (non-hydrogen) atoms. The Bertz CT molecular complexity index is 1400. The van der Waals surface area contributed by atoms with Gasteiger partial charge in [0.15, 0.2) is 11.4 Å². The predicted molar refractivity (Wildman–Crippen MR) is 137 cm³/mol. The number of hydrogen-bond acceptors (Lipinski definition) is 7. The number of nitrogens with one attached hydrogen (secondary N) is 1. The lowest BCUT2D eigenvalue weighted by Crippen LogP contribution is -2.29. The van der Waals surface area contributed by atoms with Crippen LogP contribution in [-0.2, 0) is 6.42 Å². The third-order valence-electron chi connectivity index (χ3n) is 6.48. The fraction of sp³-hybridized carbons (Fsp3) is 0.360. The molecule has 1 aliphatic rings. The van der Waals surface area contributed by atoms with Crippen molar-refractivity contribution in [1.29, 1.82) is 0 Å². The average Bonchev–Trinajstić information content (AvgIpc) is 3.49. The smallest absolute Gasteiger partial charge is 0.205 e. The number of halogens is 3. The highest BCUT2D eigenvalue weighted by molar-refractivity contribution is 6.36. The van der Waals surface area contributed by atoms with Crippen molar-refractivity contribution in [1.82, 2.24) is 20.1 Å². The van der Waals surface area contributed by atoms with Gasteiger partial charge in [-0.2, -0.15) is 5.10 Å². The zero-order valence-corrected chi connectivity index (χ0v) is 21.1. The first-order chi connectivity index (χ1) is 17.4. The van der Waals surface area contributed by atoms with Crippen LogP contribution in [0.1, 0.15) is 43.2 Å². The molecular formula is C25H26Cl2FN5O3. The standard InChI is InChI=1S/C25H26Cl2FN5O3/c1-13(20-17(26)2-3-18(28)22(20)27)35-24-23-16(11-31-25(24)29)21(19(36-23)6-9-34)14-10-32-33(12-14)15-4-7-30-8-5-15/h2-3,10-13,15,30,34H,4-9H2,1H3,(H2,29,31)/t13-/m1/s1.